The highest BCUT2D eigenvalue weighted by Gasteiger charge is 2.19. The normalized spacial score (nSPS) is 12.1. The van der Waals surface area contributed by atoms with Crippen LogP contribution in [0.15, 0.2) is 28.4 Å². The molecular weight excluding hydrogens is 290 g/mol. The quantitative estimate of drug-likeness (QED) is 0.650. The Morgan fingerprint density at radius 3 is 2.95 bits per heavy atom. The second-order valence-electron chi connectivity index (χ2n) is 4.50. The first-order valence-corrected chi connectivity index (χ1v) is 7.30. The zero-order valence-corrected chi connectivity index (χ0v) is 13.0. The number of carbonyl (C=O) groups excluding carboxylic acids is 1. The van der Waals surface area contributed by atoms with Crippen LogP contribution in [0.2, 0.25) is 0 Å². The average molecular weight is 307 g/mol. The highest BCUT2D eigenvalue weighted by atomic mass is 32.2. The number of aryl methyl sites for hydroxylation is 2. The molecule has 1 amide bonds. The van der Waals surface area contributed by atoms with Crippen LogP contribution in [0, 0.1) is 13.8 Å². The van der Waals surface area contributed by atoms with E-state index in [2.05, 4.69) is 27.2 Å². The predicted molar refractivity (Wildman–Crippen MR) is 80.1 cm³/mol. The molecule has 0 radical (unpaired) electrons. The van der Waals surface area contributed by atoms with E-state index in [-0.39, 0.29) is 11.2 Å². The van der Waals surface area contributed by atoms with Gasteiger partial charge in [-0.3, -0.25) is 4.79 Å². The van der Waals surface area contributed by atoms with Crippen molar-refractivity contribution in [3.8, 4) is 0 Å². The van der Waals surface area contributed by atoms with E-state index < -0.39 is 0 Å². The summed E-state index contributed by atoms with van der Waals surface area (Å²) in [7, 11) is 0. The van der Waals surface area contributed by atoms with Gasteiger partial charge in [0.25, 0.3) is 0 Å². The average Bonchev–Trinajstić information content (AvgIpc) is 2.99. The van der Waals surface area contributed by atoms with E-state index in [1.54, 1.807) is 26.0 Å². The SMILES string of the molecule is C=CCn1c(C)nnc1SC(C)C(=O)Nc1cc(C)on1. The van der Waals surface area contributed by atoms with Crippen LogP contribution in [0.1, 0.15) is 18.5 Å². The summed E-state index contributed by atoms with van der Waals surface area (Å²) >= 11 is 1.34. The third-order valence-corrected chi connectivity index (χ3v) is 3.82. The van der Waals surface area contributed by atoms with Crippen LogP contribution in [0.25, 0.3) is 0 Å². The van der Waals surface area contributed by atoms with Gasteiger partial charge in [-0.15, -0.1) is 16.8 Å². The van der Waals surface area contributed by atoms with Crippen LogP contribution in [0.4, 0.5) is 5.82 Å². The highest BCUT2D eigenvalue weighted by molar-refractivity contribution is 8.00. The van der Waals surface area contributed by atoms with Crippen molar-refractivity contribution >= 4 is 23.5 Å². The van der Waals surface area contributed by atoms with Crippen LogP contribution >= 0.6 is 11.8 Å². The van der Waals surface area contributed by atoms with Crippen LogP contribution in [0.5, 0.6) is 0 Å². The van der Waals surface area contributed by atoms with E-state index in [0.717, 1.165) is 5.82 Å². The largest absolute Gasteiger partial charge is 0.360 e. The number of hydrogen-bond acceptors (Lipinski definition) is 6. The van der Waals surface area contributed by atoms with Crippen molar-refractivity contribution in [2.45, 2.75) is 37.7 Å². The third-order valence-electron chi connectivity index (χ3n) is 2.74. The van der Waals surface area contributed by atoms with Crippen molar-refractivity contribution in [1.82, 2.24) is 19.9 Å². The maximum Gasteiger partial charge on any atom is 0.238 e. The number of allylic oxidation sites excluding steroid dienone is 1. The summed E-state index contributed by atoms with van der Waals surface area (Å²) in [5.41, 5.74) is 0. The molecule has 0 saturated heterocycles. The molecule has 0 saturated carbocycles. The van der Waals surface area contributed by atoms with E-state index in [0.29, 0.717) is 23.3 Å². The zero-order chi connectivity index (χ0) is 15.4. The number of thioether (sulfide) groups is 1. The second kappa shape index (κ2) is 6.57. The molecule has 0 aliphatic rings. The van der Waals surface area contributed by atoms with Crippen LogP contribution in [-0.2, 0) is 11.3 Å². The number of nitrogens with zero attached hydrogens (tertiary/aromatic N) is 4. The number of rotatable bonds is 6. The first-order valence-electron chi connectivity index (χ1n) is 6.42. The van der Waals surface area contributed by atoms with Gasteiger partial charge in [0, 0.05) is 12.6 Å². The van der Waals surface area contributed by atoms with Gasteiger partial charge < -0.3 is 14.4 Å². The standard InChI is InChI=1S/C13H17N5O2S/c1-5-6-18-10(4)15-16-13(18)21-9(3)12(19)14-11-7-8(2)20-17-11/h5,7,9H,1,6H2,2-4H3,(H,14,17,19). The van der Waals surface area contributed by atoms with Gasteiger partial charge in [0.1, 0.15) is 11.6 Å². The molecule has 2 rings (SSSR count). The van der Waals surface area contributed by atoms with Gasteiger partial charge in [-0.25, -0.2) is 0 Å². The second-order valence-corrected chi connectivity index (χ2v) is 5.81. The molecule has 2 aromatic rings. The molecule has 0 aliphatic heterocycles. The van der Waals surface area contributed by atoms with E-state index in [4.69, 9.17) is 4.52 Å². The first-order chi connectivity index (χ1) is 10.0. The molecule has 112 valence electrons. The monoisotopic (exact) mass is 307 g/mol. The molecule has 2 aromatic heterocycles. The lowest BCUT2D eigenvalue weighted by atomic mass is 10.4. The molecule has 7 nitrogen and oxygen atoms in total. The Morgan fingerprint density at radius 2 is 2.33 bits per heavy atom. The summed E-state index contributed by atoms with van der Waals surface area (Å²) in [5.74, 6) is 1.68. The number of nitrogens with one attached hydrogen (secondary N) is 1. The van der Waals surface area contributed by atoms with Crippen molar-refractivity contribution < 1.29 is 9.32 Å². The minimum Gasteiger partial charge on any atom is -0.360 e. The van der Waals surface area contributed by atoms with E-state index in [1.165, 1.54) is 11.8 Å². The molecule has 0 spiro atoms. The van der Waals surface area contributed by atoms with Gasteiger partial charge in [0.05, 0.1) is 5.25 Å². The number of hydrogen-bond donors (Lipinski definition) is 1. The fraction of sp³-hybridized carbons (Fsp3) is 0.385. The molecule has 8 heteroatoms. The van der Waals surface area contributed by atoms with Crippen LogP contribution in [0.3, 0.4) is 0 Å². The molecular formula is C13H17N5O2S. The smallest absolute Gasteiger partial charge is 0.238 e. The van der Waals surface area contributed by atoms with Gasteiger partial charge in [0.2, 0.25) is 5.91 Å². The molecule has 1 atom stereocenters. The Balaban J connectivity index is 2.02. The van der Waals surface area contributed by atoms with Gasteiger partial charge in [-0.05, 0) is 20.8 Å². The first kappa shape index (κ1) is 15.3. The molecule has 0 aromatic carbocycles. The predicted octanol–water partition coefficient (Wildman–Crippen LogP) is 2.19. The van der Waals surface area contributed by atoms with Gasteiger partial charge in [0.15, 0.2) is 11.0 Å². The van der Waals surface area contributed by atoms with Crippen molar-refractivity contribution in [2.24, 2.45) is 0 Å². The Hall–Kier alpha value is -2.09. The fourth-order valence-electron chi connectivity index (χ4n) is 1.65. The maximum absolute atomic E-state index is 12.1. The maximum atomic E-state index is 12.1. The van der Waals surface area contributed by atoms with Crippen molar-refractivity contribution in [1.29, 1.82) is 0 Å². The van der Waals surface area contributed by atoms with Gasteiger partial charge in [-0.1, -0.05) is 23.0 Å². The number of aromatic nitrogens is 4. The summed E-state index contributed by atoms with van der Waals surface area (Å²) in [6.45, 7) is 9.75. The molecule has 1 unspecified atom stereocenters. The van der Waals surface area contributed by atoms with E-state index in [9.17, 15) is 4.79 Å². The Kier molecular flexibility index (Phi) is 4.79. The van der Waals surface area contributed by atoms with Crippen molar-refractivity contribution in [3.05, 3.63) is 30.3 Å². The van der Waals surface area contributed by atoms with Gasteiger partial charge in [-0.2, -0.15) is 0 Å². The zero-order valence-electron chi connectivity index (χ0n) is 12.2. The molecule has 1 N–H and O–H groups in total. The number of amides is 1. The lowest BCUT2D eigenvalue weighted by Crippen LogP contribution is -2.23. The Bertz CT molecular complexity index is 649. The molecule has 2 heterocycles. The highest BCUT2D eigenvalue weighted by Crippen LogP contribution is 2.23. The van der Waals surface area contributed by atoms with Crippen LogP contribution in [-0.4, -0.2) is 31.1 Å². The molecule has 21 heavy (non-hydrogen) atoms. The lowest BCUT2D eigenvalue weighted by molar-refractivity contribution is -0.115. The third kappa shape index (κ3) is 3.72. The summed E-state index contributed by atoms with van der Waals surface area (Å²) in [6.07, 6.45) is 1.77. The Labute approximate surface area is 126 Å². The minimum absolute atomic E-state index is 0.167. The summed E-state index contributed by atoms with van der Waals surface area (Å²) in [6, 6.07) is 1.67. The van der Waals surface area contributed by atoms with Crippen molar-refractivity contribution in [3.63, 3.8) is 0 Å². The number of carbonyl (C=O) groups is 1. The van der Waals surface area contributed by atoms with Crippen LogP contribution < -0.4 is 5.32 Å². The van der Waals surface area contributed by atoms with Gasteiger partial charge >= 0.3 is 0 Å². The summed E-state index contributed by atoms with van der Waals surface area (Å²) in [4.78, 5) is 12.1. The Morgan fingerprint density at radius 1 is 1.57 bits per heavy atom. The van der Waals surface area contributed by atoms with Crippen molar-refractivity contribution in [2.75, 3.05) is 5.32 Å². The topological polar surface area (TPSA) is 85.8 Å². The minimum atomic E-state index is -0.339. The summed E-state index contributed by atoms with van der Waals surface area (Å²) in [5, 5.41) is 14.9. The molecule has 0 aliphatic carbocycles. The lowest BCUT2D eigenvalue weighted by Gasteiger charge is -2.10. The van der Waals surface area contributed by atoms with E-state index >= 15 is 0 Å². The number of anilines is 1. The summed E-state index contributed by atoms with van der Waals surface area (Å²) < 4.78 is 6.81. The molecule has 0 fully saturated rings. The molecule has 0 bridgehead atoms. The van der Waals surface area contributed by atoms with E-state index in [1.807, 2.05) is 11.5 Å². The fourth-order valence-corrected chi connectivity index (χ4v) is 2.56.